The number of halogens is 3. The van der Waals surface area contributed by atoms with Gasteiger partial charge in [-0.25, -0.2) is 4.98 Å². The number of nitrogens with zero attached hydrogens (tertiary/aromatic N) is 2. The number of methoxy groups -OCH3 is 1. The summed E-state index contributed by atoms with van der Waals surface area (Å²) in [6.45, 7) is 1.40. The minimum Gasteiger partial charge on any atom is -0.480 e. The Kier molecular flexibility index (Phi) is 2.84. The Bertz CT molecular complexity index is 421. The molecule has 15 heavy (non-hydrogen) atoms. The highest BCUT2D eigenvalue weighted by molar-refractivity contribution is 5.45. The van der Waals surface area contributed by atoms with Crippen LogP contribution in [0.15, 0.2) is 6.07 Å². The third-order valence-electron chi connectivity index (χ3n) is 1.78. The predicted molar refractivity (Wildman–Crippen MR) is 45.2 cm³/mol. The molecular formula is C9H7F3N2O. The Balaban J connectivity index is 3.40. The van der Waals surface area contributed by atoms with Gasteiger partial charge in [-0.05, 0) is 18.6 Å². The average Bonchev–Trinajstić information content (AvgIpc) is 2.15. The first-order chi connectivity index (χ1) is 6.90. The van der Waals surface area contributed by atoms with Gasteiger partial charge in [-0.3, -0.25) is 0 Å². The number of aromatic nitrogens is 1. The van der Waals surface area contributed by atoms with Crippen molar-refractivity contribution in [3.63, 3.8) is 0 Å². The second-order valence-corrected chi connectivity index (χ2v) is 2.82. The van der Waals surface area contributed by atoms with Crippen molar-refractivity contribution in [2.45, 2.75) is 13.1 Å². The van der Waals surface area contributed by atoms with E-state index in [1.54, 1.807) is 6.07 Å². The third-order valence-corrected chi connectivity index (χ3v) is 1.78. The number of hydrogen-bond donors (Lipinski definition) is 0. The molecule has 0 aliphatic carbocycles. The van der Waals surface area contributed by atoms with Gasteiger partial charge in [0.15, 0.2) is 0 Å². The summed E-state index contributed by atoms with van der Waals surface area (Å²) in [5, 5.41) is 8.67. The molecule has 0 aliphatic heterocycles. The summed E-state index contributed by atoms with van der Waals surface area (Å²) in [5.41, 5.74) is -0.849. The third kappa shape index (κ3) is 2.18. The fourth-order valence-corrected chi connectivity index (χ4v) is 1.07. The van der Waals surface area contributed by atoms with Crippen LogP contribution in [0.3, 0.4) is 0 Å². The largest absolute Gasteiger partial charge is 0.480 e. The monoisotopic (exact) mass is 216 g/mol. The van der Waals surface area contributed by atoms with E-state index in [1.807, 2.05) is 0 Å². The van der Waals surface area contributed by atoms with Crippen LogP contribution < -0.4 is 4.74 Å². The van der Waals surface area contributed by atoms with Gasteiger partial charge in [0.25, 0.3) is 0 Å². The normalized spacial score (nSPS) is 10.9. The second kappa shape index (κ2) is 3.77. The molecule has 0 aliphatic rings. The van der Waals surface area contributed by atoms with Crippen LogP contribution in [0.5, 0.6) is 5.88 Å². The number of ether oxygens (including phenoxy) is 1. The van der Waals surface area contributed by atoms with Gasteiger partial charge in [0.2, 0.25) is 5.88 Å². The van der Waals surface area contributed by atoms with Crippen LogP contribution in [0, 0.1) is 18.3 Å². The summed E-state index contributed by atoms with van der Waals surface area (Å²) in [5.74, 6) is -0.301. The molecule has 3 nitrogen and oxygen atoms in total. The van der Waals surface area contributed by atoms with Gasteiger partial charge in [0.1, 0.15) is 17.3 Å². The smallest absolute Gasteiger partial charge is 0.433 e. The summed E-state index contributed by atoms with van der Waals surface area (Å²) in [6.07, 6.45) is -4.54. The van der Waals surface area contributed by atoms with Crippen molar-refractivity contribution in [3.8, 4) is 11.9 Å². The van der Waals surface area contributed by atoms with Gasteiger partial charge in [-0.2, -0.15) is 18.4 Å². The van der Waals surface area contributed by atoms with Gasteiger partial charge in [0.05, 0.1) is 7.11 Å². The van der Waals surface area contributed by atoms with E-state index in [4.69, 9.17) is 5.26 Å². The lowest BCUT2D eigenvalue weighted by Crippen LogP contribution is -2.10. The highest BCUT2D eigenvalue weighted by Crippen LogP contribution is 2.31. The lowest BCUT2D eigenvalue weighted by atomic mass is 10.1. The molecule has 1 rings (SSSR count). The maximum atomic E-state index is 12.3. The van der Waals surface area contributed by atoms with E-state index >= 15 is 0 Å². The van der Waals surface area contributed by atoms with Gasteiger partial charge < -0.3 is 4.74 Å². The Labute approximate surface area is 84.1 Å². The minimum atomic E-state index is -4.54. The number of alkyl halides is 3. The summed E-state index contributed by atoms with van der Waals surface area (Å²) >= 11 is 0. The van der Waals surface area contributed by atoms with E-state index in [0.717, 1.165) is 6.07 Å². The second-order valence-electron chi connectivity index (χ2n) is 2.82. The van der Waals surface area contributed by atoms with E-state index in [1.165, 1.54) is 14.0 Å². The van der Waals surface area contributed by atoms with Crippen molar-refractivity contribution in [1.82, 2.24) is 4.98 Å². The zero-order valence-electron chi connectivity index (χ0n) is 8.01. The molecule has 0 saturated carbocycles. The van der Waals surface area contributed by atoms with Crippen LogP contribution >= 0.6 is 0 Å². The Morgan fingerprint density at radius 3 is 2.47 bits per heavy atom. The SMILES string of the molecule is COc1nc(C(F)(F)F)cc(C)c1C#N. The van der Waals surface area contributed by atoms with Gasteiger partial charge in [0, 0.05) is 0 Å². The van der Waals surface area contributed by atoms with E-state index in [0.29, 0.717) is 0 Å². The van der Waals surface area contributed by atoms with E-state index in [-0.39, 0.29) is 17.0 Å². The Hall–Kier alpha value is -1.77. The Morgan fingerprint density at radius 1 is 1.47 bits per heavy atom. The summed E-state index contributed by atoms with van der Waals surface area (Å²) in [7, 11) is 1.17. The highest BCUT2D eigenvalue weighted by atomic mass is 19.4. The molecule has 0 atom stereocenters. The molecule has 0 amide bonds. The number of aryl methyl sites for hydroxylation is 1. The summed E-state index contributed by atoms with van der Waals surface area (Å²) in [6, 6.07) is 2.56. The summed E-state index contributed by atoms with van der Waals surface area (Å²) < 4.78 is 41.6. The topological polar surface area (TPSA) is 45.9 Å². The Morgan fingerprint density at radius 2 is 2.07 bits per heavy atom. The van der Waals surface area contributed by atoms with Crippen molar-refractivity contribution >= 4 is 0 Å². The van der Waals surface area contributed by atoms with E-state index < -0.39 is 11.9 Å². The molecule has 0 fully saturated rings. The van der Waals surface area contributed by atoms with Gasteiger partial charge in [-0.15, -0.1) is 0 Å². The van der Waals surface area contributed by atoms with Crippen molar-refractivity contribution in [2.24, 2.45) is 0 Å². The van der Waals surface area contributed by atoms with Gasteiger partial charge >= 0.3 is 6.18 Å². The van der Waals surface area contributed by atoms with Crippen LogP contribution in [0.25, 0.3) is 0 Å². The first-order valence-electron chi connectivity index (χ1n) is 3.93. The molecule has 1 aromatic rings. The van der Waals surface area contributed by atoms with Crippen LogP contribution in [-0.2, 0) is 6.18 Å². The molecule has 0 spiro atoms. The first-order valence-corrected chi connectivity index (χ1v) is 3.93. The van der Waals surface area contributed by atoms with Crippen LogP contribution in [0.1, 0.15) is 16.8 Å². The highest BCUT2D eigenvalue weighted by Gasteiger charge is 2.34. The minimum absolute atomic E-state index is 0.0190. The molecule has 0 N–H and O–H groups in total. The van der Waals surface area contributed by atoms with Crippen LogP contribution in [0.2, 0.25) is 0 Å². The van der Waals surface area contributed by atoms with Crippen LogP contribution in [-0.4, -0.2) is 12.1 Å². The zero-order valence-corrected chi connectivity index (χ0v) is 8.01. The fraction of sp³-hybridized carbons (Fsp3) is 0.333. The average molecular weight is 216 g/mol. The quantitative estimate of drug-likeness (QED) is 0.723. The molecule has 6 heteroatoms. The number of pyridine rings is 1. The molecular weight excluding hydrogens is 209 g/mol. The zero-order chi connectivity index (χ0) is 11.6. The van der Waals surface area contributed by atoms with Crippen molar-refractivity contribution < 1.29 is 17.9 Å². The molecule has 1 aromatic heterocycles. The molecule has 0 unspecified atom stereocenters. The number of rotatable bonds is 1. The van der Waals surface area contributed by atoms with Crippen molar-refractivity contribution in [3.05, 3.63) is 22.9 Å². The van der Waals surface area contributed by atoms with Crippen molar-refractivity contribution in [2.75, 3.05) is 7.11 Å². The maximum absolute atomic E-state index is 12.3. The lowest BCUT2D eigenvalue weighted by Gasteiger charge is -2.10. The number of hydrogen-bond acceptors (Lipinski definition) is 3. The molecule has 0 saturated heterocycles. The molecule has 80 valence electrons. The maximum Gasteiger partial charge on any atom is 0.433 e. The van der Waals surface area contributed by atoms with Gasteiger partial charge in [-0.1, -0.05) is 0 Å². The molecule has 0 bridgehead atoms. The predicted octanol–water partition coefficient (Wildman–Crippen LogP) is 2.29. The standard InChI is InChI=1S/C9H7F3N2O/c1-5-3-7(9(10,11)12)14-8(15-2)6(5)4-13/h3H,1-2H3. The summed E-state index contributed by atoms with van der Waals surface area (Å²) in [4.78, 5) is 3.22. The lowest BCUT2D eigenvalue weighted by molar-refractivity contribution is -0.141. The first kappa shape index (κ1) is 11.3. The molecule has 0 aromatic carbocycles. The van der Waals surface area contributed by atoms with Crippen LogP contribution in [0.4, 0.5) is 13.2 Å². The fourth-order valence-electron chi connectivity index (χ4n) is 1.07. The number of nitriles is 1. The van der Waals surface area contributed by atoms with E-state index in [9.17, 15) is 13.2 Å². The van der Waals surface area contributed by atoms with E-state index in [2.05, 4.69) is 9.72 Å². The van der Waals surface area contributed by atoms with Crippen molar-refractivity contribution in [1.29, 1.82) is 5.26 Å². The molecule has 0 radical (unpaired) electrons. The molecule has 1 heterocycles.